The predicted molar refractivity (Wildman–Crippen MR) is 201 cm³/mol. The van der Waals surface area contributed by atoms with Crippen LogP contribution in [0, 0.1) is 45.3 Å². The van der Waals surface area contributed by atoms with E-state index in [0.717, 1.165) is 44.1 Å². The van der Waals surface area contributed by atoms with Crippen molar-refractivity contribution in [2.24, 2.45) is 45.3 Å². The fraction of sp³-hybridized carbons (Fsp3) is 0.905. The Morgan fingerprint density at radius 3 is 2.05 bits per heavy atom. The first-order valence-corrected chi connectivity index (χ1v) is 20.6. The molecule has 3 saturated carbocycles. The van der Waals surface area contributed by atoms with Crippen LogP contribution in [0.3, 0.4) is 0 Å². The van der Waals surface area contributed by atoms with Crippen molar-refractivity contribution in [1.29, 1.82) is 0 Å². The van der Waals surface area contributed by atoms with E-state index in [2.05, 4.69) is 47.6 Å². The average molecular weight is 783 g/mol. The van der Waals surface area contributed by atoms with E-state index in [1.165, 1.54) is 5.57 Å². The molecular formula is C42H70O13. The Morgan fingerprint density at radius 2 is 1.42 bits per heavy atom. The molecule has 0 amide bonds. The fourth-order valence-electron chi connectivity index (χ4n) is 12.5. The van der Waals surface area contributed by atoms with Gasteiger partial charge in [0, 0.05) is 5.41 Å². The second-order valence-corrected chi connectivity index (χ2v) is 19.5. The van der Waals surface area contributed by atoms with Crippen LogP contribution in [0.4, 0.5) is 0 Å². The van der Waals surface area contributed by atoms with Gasteiger partial charge in [0.15, 0.2) is 12.6 Å². The van der Waals surface area contributed by atoms with Crippen LogP contribution in [0.15, 0.2) is 23.3 Å². The summed E-state index contributed by atoms with van der Waals surface area (Å²) >= 11 is 0. The Hall–Kier alpha value is -1.04. The van der Waals surface area contributed by atoms with Gasteiger partial charge in [0.05, 0.1) is 31.5 Å². The zero-order valence-corrected chi connectivity index (χ0v) is 34.0. The molecule has 0 bridgehead atoms. The van der Waals surface area contributed by atoms with Crippen LogP contribution >= 0.6 is 0 Å². The smallest absolute Gasteiger partial charge is 0.187 e. The van der Waals surface area contributed by atoms with Crippen LogP contribution in [0.1, 0.15) is 100 Å². The van der Waals surface area contributed by atoms with Gasteiger partial charge in [0.1, 0.15) is 48.8 Å². The first-order chi connectivity index (χ1) is 25.6. The lowest BCUT2D eigenvalue weighted by atomic mass is 9.39. The number of rotatable bonds is 10. The van der Waals surface area contributed by atoms with Gasteiger partial charge in [-0.05, 0) is 98.7 Å². The van der Waals surface area contributed by atoms with Crippen molar-refractivity contribution in [3.63, 3.8) is 0 Å². The monoisotopic (exact) mass is 782 g/mol. The third-order valence-electron chi connectivity index (χ3n) is 16.1. The number of allylic oxidation sites excluding steroid dienone is 2. The molecule has 316 valence electrons. The van der Waals surface area contributed by atoms with Crippen molar-refractivity contribution < 1.29 is 64.9 Å². The summed E-state index contributed by atoms with van der Waals surface area (Å²) in [6.07, 6.45) is -5.89. The fourth-order valence-corrected chi connectivity index (χ4v) is 12.5. The van der Waals surface area contributed by atoms with Crippen LogP contribution in [0.5, 0.6) is 0 Å². The van der Waals surface area contributed by atoms with E-state index in [-0.39, 0.29) is 28.3 Å². The highest BCUT2D eigenvalue weighted by Crippen LogP contribution is 2.75. The van der Waals surface area contributed by atoms with Crippen LogP contribution in [0.2, 0.25) is 0 Å². The third-order valence-corrected chi connectivity index (χ3v) is 16.1. The first kappa shape index (κ1) is 43.5. The molecule has 0 aromatic rings. The molecule has 13 nitrogen and oxygen atoms in total. The minimum atomic E-state index is -1.65. The van der Waals surface area contributed by atoms with E-state index in [1.807, 2.05) is 13.8 Å². The molecular weight excluding hydrogens is 712 g/mol. The number of hydrogen-bond acceptors (Lipinski definition) is 13. The molecule has 0 radical (unpaired) electrons. The molecule has 2 saturated heterocycles. The topological polar surface area (TPSA) is 219 Å². The van der Waals surface area contributed by atoms with Crippen molar-refractivity contribution in [2.45, 2.75) is 180 Å². The highest BCUT2D eigenvalue weighted by Gasteiger charge is 2.68. The zero-order valence-electron chi connectivity index (χ0n) is 34.0. The highest BCUT2D eigenvalue weighted by molar-refractivity contribution is 5.30. The number of hydrogen-bond donors (Lipinski definition) is 9. The highest BCUT2D eigenvalue weighted by atomic mass is 16.7. The minimum absolute atomic E-state index is 0.0202. The Kier molecular flexibility index (Phi) is 12.6. The Balaban J connectivity index is 1.15. The molecule has 9 N–H and O–H groups in total. The summed E-state index contributed by atoms with van der Waals surface area (Å²) in [6.45, 7) is 16.7. The third kappa shape index (κ3) is 7.23. The molecule has 0 aromatic carbocycles. The van der Waals surface area contributed by atoms with E-state index in [1.54, 1.807) is 6.08 Å². The average Bonchev–Trinajstić information content (AvgIpc) is 3.41. The number of aliphatic hydroxyl groups excluding tert-OH is 9. The van der Waals surface area contributed by atoms with E-state index in [9.17, 15) is 46.0 Å². The second kappa shape index (κ2) is 15.9. The van der Waals surface area contributed by atoms with Crippen molar-refractivity contribution in [3.05, 3.63) is 23.3 Å². The van der Waals surface area contributed by atoms with Gasteiger partial charge in [-0.3, -0.25) is 0 Å². The molecule has 13 heteroatoms. The first-order valence-electron chi connectivity index (χ1n) is 20.6. The van der Waals surface area contributed by atoms with Gasteiger partial charge in [0.2, 0.25) is 0 Å². The summed E-state index contributed by atoms with van der Waals surface area (Å²) < 4.78 is 23.6. The Bertz CT molecular complexity index is 1420. The van der Waals surface area contributed by atoms with Gasteiger partial charge in [0.25, 0.3) is 0 Å². The molecule has 55 heavy (non-hydrogen) atoms. The zero-order chi connectivity index (χ0) is 40.6. The van der Waals surface area contributed by atoms with Crippen molar-refractivity contribution in [3.8, 4) is 0 Å². The lowest BCUT2D eigenvalue weighted by Crippen LogP contribution is -2.63. The van der Waals surface area contributed by atoms with Gasteiger partial charge in [-0.2, -0.15) is 0 Å². The lowest BCUT2D eigenvalue weighted by Gasteiger charge is -2.66. The van der Waals surface area contributed by atoms with Crippen molar-refractivity contribution in [1.82, 2.24) is 0 Å². The predicted octanol–water partition coefficient (Wildman–Crippen LogP) is 1.93. The van der Waals surface area contributed by atoms with Crippen molar-refractivity contribution >= 4 is 0 Å². The van der Waals surface area contributed by atoms with E-state index in [0.29, 0.717) is 24.2 Å². The largest absolute Gasteiger partial charge is 0.394 e. The van der Waals surface area contributed by atoms with E-state index >= 15 is 0 Å². The van der Waals surface area contributed by atoms with E-state index < -0.39 is 92.2 Å². The molecule has 4 aliphatic carbocycles. The Labute approximate surface area is 326 Å². The van der Waals surface area contributed by atoms with Crippen molar-refractivity contribution in [2.75, 3.05) is 13.2 Å². The van der Waals surface area contributed by atoms with Gasteiger partial charge in [-0.15, -0.1) is 0 Å². The Morgan fingerprint density at radius 1 is 0.800 bits per heavy atom. The van der Waals surface area contributed by atoms with Crippen LogP contribution in [-0.2, 0) is 18.9 Å². The van der Waals surface area contributed by atoms with E-state index in [4.69, 9.17) is 18.9 Å². The van der Waals surface area contributed by atoms with Gasteiger partial charge < -0.3 is 64.9 Å². The second-order valence-electron chi connectivity index (χ2n) is 19.5. The molecule has 6 rings (SSSR count). The SMILES string of the molecule is CC(C)=CC(O)C(O)C(C)C1CCC2(C)C3CC=C4C(CCC(OC5OC(COC6OC(CO)C(O)C(O)C6O)C(O)C(O)C5O)C4(C)C)C3(C)CCC12C. The molecule has 0 aromatic heterocycles. The normalized spacial score (nSPS) is 49.8. The molecule has 5 fully saturated rings. The molecule has 6 aliphatic rings. The molecule has 2 heterocycles. The lowest BCUT2D eigenvalue weighted by molar-refractivity contribution is -0.340. The molecule has 2 aliphatic heterocycles. The molecule has 0 spiro atoms. The minimum Gasteiger partial charge on any atom is -0.394 e. The number of fused-ring (bicyclic) bond motifs is 5. The van der Waals surface area contributed by atoms with Gasteiger partial charge >= 0.3 is 0 Å². The summed E-state index contributed by atoms with van der Waals surface area (Å²) in [6, 6.07) is 0. The van der Waals surface area contributed by atoms with Crippen LogP contribution in [0.25, 0.3) is 0 Å². The quantitative estimate of drug-likeness (QED) is 0.145. The molecule has 20 atom stereocenters. The van der Waals surface area contributed by atoms with Gasteiger partial charge in [-0.25, -0.2) is 0 Å². The number of ether oxygens (including phenoxy) is 4. The standard InChI is InChI=1S/C42H70O13/c1-20(2)17-25(44)30(45)21(3)22-13-14-42(8)28-11-9-23-24(40(28,6)15-16-41(22,42)7)10-12-29(39(23,4)5)55-38-36(51)34(49)32(47)27(54-38)19-52-37-35(50)33(48)31(46)26(18-43)53-37/h9,17,21-22,24-38,43-51H,10-16,18-19H2,1-8H3. The summed E-state index contributed by atoms with van der Waals surface area (Å²) in [4.78, 5) is 0. The maximum atomic E-state index is 11.3. The summed E-state index contributed by atoms with van der Waals surface area (Å²) in [5.74, 6) is 1.03. The molecule has 20 unspecified atom stereocenters. The maximum Gasteiger partial charge on any atom is 0.187 e. The van der Waals surface area contributed by atoms with Crippen LogP contribution < -0.4 is 0 Å². The van der Waals surface area contributed by atoms with Gasteiger partial charge in [-0.1, -0.05) is 64.8 Å². The summed E-state index contributed by atoms with van der Waals surface area (Å²) in [7, 11) is 0. The summed E-state index contributed by atoms with van der Waals surface area (Å²) in [5, 5.41) is 95.0. The summed E-state index contributed by atoms with van der Waals surface area (Å²) in [5.41, 5.74) is 2.02. The van der Waals surface area contributed by atoms with Crippen LogP contribution in [-0.4, -0.2) is 139 Å². The maximum absolute atomic E-state index is 11.3. The number of aliphatic hydroxyl groups is 9.